The first-order chi connectivity index (χ1) is 5.84. The van der Waals surface area contributed by atoms with Crippen LogP contribution in [-0.4, -0.2) is 23.9 Å². The van der Waals surface area contributed by atoms with Crippen molar-refractivity contribution in [2.24, 2.45) is 0 Å². The molecule has 12 heavy (non-hydrogen) atoms. The first kappa shape index (κ1) is 9.57. The minimum atomic E-state index is -0.391. The van der Waals surface area contributed by atoms with Crippen molar-refractivity contribution in [1.29, 1.82) is 0 Å². The van der Waals surface area contributed by atoms with Crippen LogP contribution in [0.15, 0.2) is 0 Å². The average Bonchev–Trinajstić information content (AvgIpc) is 2.15. The summed E-state index contributed by atoms with van der Waals surface area (Å²) in [5, 5.41) is 9.58. The van der Waals surface area contributed by atoms with E-state index in [1.54, 1.807) is 6.92 Å². The molecule has 0 radical (unpaired) electrons. The van der Waals surface area contributed by atoms with E-state index in [0.29, 0.717) is 6.42 Å². The molecule has 2 nitrogen and oxygen atoms in total. The average molecular weight is 168 g/mol. The zero-order valence-electron chi connectivity index (χ0n) is 7.55. The van der Waals surface area contributed by atoms with Crippen LogP contribution >= 0.6 is 0 Å². The number of hydrogen-bond acceptors (Lipinski definition) is 2. The van der Waals surface area contributed by atoms with Gasteiger partial charge in [0.25, 0.3) is 0 Å². The zero-order chi connectivity index (χ0) is 8.81. The van der Waals surface area contributed by atoms with Crippen LogP contribution in [0, 0.1) is 11.8 Å². The molecule has 2 atom stereocenters. The number of aliphatic hydroxyl groups is 1. The van der Waals surface area contributed by atoms with E-state index in [9.17, 15) is 5.11 Å². The Balaban J connectivity index is 2.27. The van der Waals surface area contributed by atoms with Gasteiger partial charge in [0.1, 0.15) is 0 Å². The zero-order valence-corrected chi connectivity index (χ0v) is 7.55. The quantitative estimate of drug-likeness (QED) is 0.630. The van der Waals surface area contributed by atoms with Crippen molar-refractivity contribution in [3.8, 4) is 11.8 Å². The SMILES string of the molecule is CC#CCC(O)C1CCCCO1. The van der Waals surface area contributed by atoms with Gasteiger partial charge in [-0.25, -0.2) is 0 Å². The lowest BCUT2D eigenvalue weighted by Gasteiger charge is -2.25. The van der Waals surface area contributed by atoms with Crippen LogP contribution in [0.2, 0.25) is 0 Å². The van der Waals surface area contributed by atoms with E-state index in [4.69, 9.17) is 4.74 Å². The van der Waals surface area contributed by atoms with Gasteiger partial charge >= 0.3 is 0 Å². The number of rotatable bonds is 2. The highest BCUT2D eigenvalue weighted by Gasteiger charge is 2.21. The molecule has 0 spiro atoms. The van der Waals surface area contributed by atoms with Crippen LogP contribution in [-0.2, 0) is 4.74 Å². The molecule has 0 bridgehead atoms. The van der Waals surface area contributed by atoms with Crippen LogP contribution in [0.25, 0.3) is 0 Å². The standard InChI is InChI=1S/C10H16O2/c1-2-3-6-9(11)10-7-4-5-8-12-10/h9-11H,4-8H2,1H3. The fraction of sp³-hybridized carbons (Fsp3) is 0.800. The van der Waals surface area contributed by atoms with Crippen molar-refractivity contribution in [3.63, 3.8) is 0 Å². The lowest BCUT2D eigenvalue weighted by Crippen LogP contribution is -2.31. The molecule has 1 rings (SSSR count). The second kappa shape index (κ2) is 5.18. The molecule has 1 aliphatic rings. The molecule has 2 heteroatoms. The first-order valence-electron chi connectivity index (χ1n) is 4.54. The summed E-state index contributed by atoms with van der Waals surface area (Å²) in [5.74, 6) is 5.64. The van der Waals surface area contributed by atoms with E-state index in [2.05, 4.69) is 11.8 Å². The summed E-state index contributed by atoms with van der Waals surface area (Å²) in [4.78, 5) is 0. The van der Waals surface area contributed by atoms with Crippen molar-refractivity contribution >= 4 is 0 Å². The van der Waals surface area contributed by atoms with E-state index in [1.165, 1.54) is 6.42 Å². The predicted octanol–water partition coefficient (Wildman–Crippen LogP) is 1.33. The maximum absolute atomic E-state index is 9.58. The fourth-order valence-electron chi connectivity index (χ4n) is 1.41. The van der Waals surface area contributed by atoms with E-state index in [-0.39, 0.29) is 6.10 Å². The molecule has 0 amide bonds. The number of hydrogen-bond donors (Lipinski definition) is 1. The summed E-state index contributed by atoms with van der Waals surface area (Å²) in [6.45, 7) is 2.58. The summed E-state index contributed by atoms with van der Waals surface area (Å²) in [6.07, 6.45) is 3.45. The van der Waals surface area contributed by atoms with Gasteiger partial charge in [0.2, 0.25) is 0 Å². The van der Waals surface area contributed by atoms with Gasteiger partial charge < -0.3 is 9.84 Å². The monoisotopic (exact) mass is 168 g/mol. The highest BCUT2D eigenvalue weighted by Crippen LogP contribution is 2.17. The van der Waals surface area contributed by atoms with Crippen LogP contribution in [0.4, 0.5) is 0 Å². The summed E-state index contributed by atoms with van der Waals surface area (Å²) in [6, 6.07) is 0. The Bertz CT molecular complexity index is 172. The molecule has 1 aliphatic heterocycles. The smallest absolute Gasteiger partial charge is 0.0910 e. The van der Waals surface area contributed by atoms with Crippen molar-refractivity contribution in [1.82, 2.24) is 0 Å². The highest BCUT2D eigenvalue weighted by atomic mass is 16.5. The molecule has 0 aliphatic carbocycles. The lowest BCUT2D eigenvalue weighted by atomic mass is 10.0. The largest absolute Gasteiger partial charge is 0.389 e. The summed E-state index contributed by atoms with van der Waals surface area (Å²) >= 11 is 0. The summed E-state index contributed by atoms with van der Waals surface area (Å²) in [7, 11) is 0. The third-order valence-electron chi connectivity index (χ3n) is 2.13. The van der Waals surface area contributed by atoms with Gasteiger partial charge in [-0.3, -0.25) is 0 Å². The Morgan fingerprint density at radius 2 is 2.42 bits per heavy atom. The van der Waals surface area contributed by atoms with Crippen LogP contribution in [0.1, 0.15) is 32.6 Å². The first-order valence-corrected chi connectivity index (χ1v) is 4.54. The van der Waals surface area contributed by atoms with Gasteiger partial charge in [0.15, 0.2) is 0 Å². The van der Waals surface area contributed by atoms with Crippen molar-refractivity contribution < 1.29 is 9.84 Å². The molecule has 0 aromatic rings. The molecule has 0 aromatic carbocycles. The van der Waals surface area contributed by atoms with Crippen LogP contribution in [0.5, 0.6) is 0 Å². The summed E-state index contributed by atoms with van der Waals surface area (Å²) < 4.78 is 5.42. The van der Waals surface area contributed by atoms with Gasteiger partial charge in [-0.1, -0.05) is 0 Å². The Labute approximate surface area is 73.9 Å². The van der Waals surface area contributed by atoms with Gasteiger partial charge in [-0.05, 0) is 26.2 Å². The van der Waals surface area contributed by atoms with Crippen LogP contribution < -0.4 is 0 Å². The Morgan fingerprint density at radius 3 is 3.00 bits per heavy atom. The second-order valence-corrected chi connectivity index (χ2v) is 3.10. The molecule has 1 saturated heterocycles. The van der Waals surface area contributed by atoms with E-state index >= 15 is 0 Å². The minimum absolute atomic E-state index is 0.0274. The molecule has 0 saturated carbocycles. The van der Waals surface area contributed by atoms with Gasteiger partial charge in [-0.2, -0.15) is 0 Å². The molecular weight excluding hydrogens is 152 g/mol. The third kappa shape index (κ3) is 2.84. The maximum Gasteiger partial charge on any atom is 0.0910 e. The molecule has 1 fully saturated rings. The number of ether oxygens (including phenoxy) is 1. The predicted molar refractivity (Wildman–Crippen MR) is 47.7 cm³/mol. The second-order valence-electron chi connectivity index (χ2n) is 3.10. The van der Waals surface area contributed by atoms with E-state index < -0.39 is 6.10 Å². The lowest BCUT2D eigenvalue weighted by molar-refractivity contribution is -0.0594. The Kier molecular flexibility index (Phi) is 4.13. The van der Waals surface area contributed by atoms with Crippen LogP contribution in [0.3, 0.4) is 0 Å². The normalized spacial score (nSPS) is 25.7. The van der Waals surface area contributed by atoms with Gasteiger partial charge in [-0.15, -0.1) is 11.8 Å². The third-order valence-corrected chi connectivity index (χ3v) is 2.13. The van der Waals surface area contributed by atoms with Gasteiger partial charge in [0.05, 0.1) is 12.2 Å². The van der Waals surface area contributed by atoms with Gasteiger partial charge in [0, 0.05) is 13.0 Å². The fourth-order valence-corrected chi connectivity index (χ4v) is 1.41. The molecule has 1 N–H and O–H groups in total. The molecule has 68 valence electrons. The van der Waals surface area contributed by atoms with Crippen molar-refractivity contribution in [2.75, 3.05) is 6.61 Å². The van der Waals surface area contributed by atoms with Crippen molar-refractivity contribution in [2.45, 2.75) is 44.8 Å². The molecule has 0 aromatic heterocycles. The topological polar surface area (TPSA) is 29.5 Å². The molecular formula is C10H16O2. The molecule has 2 unspecified atom stereocenters. The van der Waals surface area contributed by atoms with E-state index in [1.807, 2.05) is 0 Å². The summed E-state index contributed by atoms with van der Waals surface area (Å²) in [5.41, 5.74) is 0. The van der Waals surface area contributed by atoms with E-state index in [0.717, 1.165) is 19.4 Å². The minimum Gasteiger partial charge on any atom is -0.389 e. The maximum atomic E-state index is 9.58. The number of aliphatic hydroxyl groups excluding tert-OH is 1. The Hall–Kier alpha value is -0.520. The van der Waals surface area contributed by atoms with Crippen molar-refractivity contribution in [3.05, 3.63) is 0 Å². The molecule has 1 heterocycles. The Morgan fingerprint density at radius 1 is 1.58 bits per heavy atom. The highest BCUT2D eigenvalue weighted by molar-refractivity contribution is 4.98.